The fourth-order valence-corrected chi connectivity index (χ4v) is 2.04. The monoisotopic (exact) mass is 285 g/mol. The molecule has 0 radical (unpaired) electrons. The number of aromatic nitrogens is 2. The molecule has 0 aliphatic heterocycles. The van der Waals surface area contributed by atoms with Crippen LogP contribution in [0.5, 0.6) is 5.75 Å². The normalized spacial score (nSPS) is 10.7. The maximum absolute atomic E-state index is 5.51. The lowest BCUT2D eigenvalue weighted by Crippen LogP contribution is -2.06. The van der Waals surface area contributed by atoms with Crippen molar-refractivity contribution < 1.29 is 4.74 Å². The molecule has 0 saturated heterocycles. The first-order valence-corrected chi connectivity index (χ1v) is 7.39. The number of aryl methyl sites for hydroxylation is 1. The molecule has 112 valence electrons. The Balaban J connectivity index is 2.07. The lowest BCUT2D eigenvalue weighted by Gasteiger charge is -2.11. The fraction of sp³-hybridized carbons (Fsp3) is 0.412. The van der Waals surface area contributed by atoms with Gasteiger partial charge in [0.05, 0.1) is 6.61 Å². The molecule has 2 rings (SSSR count). The summed E-state index contributed by atoms with van der Waals surface area (Å²) in [4.78, 5) is 9.01. The standard InChI is InChI=1S/C17H23N3O/c1-5-21-15-8-6-7-14(10-15)11-18-16-9-13(4)19-17(20-16)12(2)3/h6-10,12H,5,11H2,1-4H3,(H,18,19,20). The minimum atomic E-state index is 0.326. The minimum absolute atomic E-state index is 0.326. The number of rotatable bonds is 6. The second kappa shape index (κ2) is 7.07. The Morgan fingerprint density at radius 3 is 2.71 bits per heavy atom. The topological polar surface area (TPSA) is 47.0 Å². The molecule has 0 atom stereocenters. The predicted molar refractivity (Wildman–Crippen MR) is 85.8 cm³/mol. The molecular weight excluding hydrogens is 262 g/mol. The number of benzene rings is 1. The van der Waals surface area contributed by atoms with E-state index < -0.39 is 0 Å². The van der Waals surface area contributed by atoms with E-state index in [9.17, 15) is 0 Å². The van der Waals surface area contributed by atoms with Crippen molar-refractivity contribution >= 4 is 5.82 Å². The molecule has 0 aliphatic carbocycles. The molecule has 1 aromatic heterocycles. The average Bonchev–Trinajstić information content (AvgIpc) is 2.45. The highest BCUT2D eigenvalue weighted by atomic mass is 16.5. The third-order valence-corrected chi connectivity index (χ3v) is 3.07. The smallest absolute Gasteiger partial charge is 0.133 e. The number of nitrogens with one attached hydrogen (secondary N) is 1. The van der Waals surface area contributed by atoms with Crippen LogP contribution >= 0.6 is 0 Å². The molecule has 2 aromatic rings. The molecule has 21 heavy (non-hydrogen) atoms. The number of anilines is 1. The second-order valence-electron chi connectivity index (χ2n) is 5.34. The van der Waals surface area contributed by atoms with Gasteiger partial charge in [0.15, 0.2) is 0 Å². The highest BCUT2D eigenvalue weighted by Crippen LogP contribution is 2.16. The van der Waals surface area contributed by atoms with Crippen LogP contribution in [0.2, 0.25) is 0 Å². The van der Waals surface area contributed by atoms with E-state index in [4.69, 9.17) is 4.74 Å². The summed E-state index contributed by atoms with van der Waals surface area (Å²) in [5, 5.41) is 3.36. The minimum Gasteiger partial charge on any atom is -0.494 e. The fourth-order valence-electron chi connectivity index (χ4n) is 2.04. The Morgan fingerprint density at radius 2 is 2.00 bits per heavy atom. The van der Waals surface area contributed by atoms with Crippen molar-refractivity contribution in [3.05, 3.63) is 47.4 Å². The largest absolute Gasteiger partial charge is 0.494 e. The molecule has 1 aromatic carbocycles. The van der Waals surface area contributed by atoms with Gasteiger partial charge in [-0.2, -0.15) is 0 Å². The van der Waals surface area contributed by atoms with Crippen molar-refractivity contribution in [2.24, 2.45) is 0 Å². The van der Waals surface area contributed by atoms with Crippen molar-refractivity contribution in [2.75, 3.05) is 11.9 Å². The molecule has 0 unspecified atom stereocenters. The molecular formula is C17H23N3O. The van der Waals surface area contributed by atoms with Crippen molar-refractivity contribution in [1.29, 1.82) is 0 Å². The summed E-state index contributed by atoms with van der Waals surface area (Å²) in [6.45, 7) is 9.58. The van der Waals surface area contributed by atoms with Gasteiger partial charge in [0, 0.05) is 24.2 Å². The van der Waals surface area contributed by atoms with Crippen LogP contribution in [0, 0.1) is 6.92 Å². The van der Waals surface area contributed by atoms with Gasteiger partial charge in [-0.05, 0) is 31.5 Å². The second-order valence-corrected chi connectivity index (χ2v) is 5.34. The van der Waals surface area contributed by atoms with Gasteiger partial charge in [0.25, 0.3) is 0 Å². The van der Waals surface area contributed by atoms with Gasteiger partial charge in [-0.15, -0.1) is 0 Å². The Labute approximate surface area is 126 Å². The first kappa shape index (κ1) is 15.3. The Bertz CT molecular complexity index is 596. The summed E-state index contributed by atoms with van der Waals surface area (Å²) in [5.41, 5.74) is 2.16. The molecule has 0 bridgehead atoms. The predicted octanol–water partition coefficient (Wildman–Crippen LogP) is 3.92. The van der Waals surface area contributed by atoms with E-state index in [1.807, 2.05) is 38.1 Å². The summed E-state index contributed by atoms with van der Waals surface area (Å²) in [6.07, 6.45) is 0. The third kappa shape index (κ3) is 4.45. The number of hydrogen-bond acceptors (Lipinski definition) is 4. The molecule has 0 saturated carbocycles. The molecule has 0 amide bonds. The summed E-state index contributed by atoms with van der Waals surface area (Å²) in [7, 11) is 0. The summed E-state index contributed by atoms with van der Waals surface area (Å²) >= 11 is 0. The van der Waals surface area contributed by atoms with Crippen molar-refractivity contribution in [3.63, 3.8) is 0 Å². The van der Waals surface area contributed by atoms with E-state index in [1.54, 1.807) is 0 Å². The highest BCUT2D eigenvalue weighted by molar-refractivity contribution is 5.38. The Kier molecular flexibility index (Phi) is 5.14. The molecule has 0 spiro atoms. The van der Waals surface area contributed by atoms with Crippen LogP contribution in [0.25, 0.3) is 0 Å². The molecule has 1 heterocycles. The van der Waals surface area contributed by atoms with E-state index in [0.717, 1.165) is 29.6 Å². The lowest BCUT2D eigenvalue weighted by atomic mass is 10.2. The zero-order chi connectivity index (χ0) is 15.2. The van der Waals surface area contributed by atoms with Crippen LogP contribution in [-0.2, 0) is 6.54 Å². The quantitative estimate of drug-likeness (QED) is 0.874. The lowest BCUT2D eigenvalue weighted by molar-refractivity contribution is 0.340. The molecule has 4 nitrogen and oxygen atoms in total. The molecule has 1 N–H and O–H groups in total. The molecule has 0 aliphatic rings. The van der Waals surface area contributed by atoms with E-state index >= 15 is 0 Å². The highest BCUT2D eigenvalue weighted by Gasteiger charge is 2.06. The van der Waals surface area contributed by atoms with E-state index in [2.05, 4.69) is 35.2 Å². The van der Waals surface area contributed by atoms with Gasteiger partial charge in [-0.25, -0.2) is 9.97 Å². The maximum atomic E-state index is 5.51. The van der Waals surface area contributed by atoms with Gasteiger partial charge >= 0.3 is 0 Å². The van der Waals surface area contributed by atoms with Crippen LogP contribution in [0.1, 0.15) is 43.8 Å². The first-order chi connectivity index (χ1) is 10.1. The third-order valence-electron chi connectivity index (χ3n) is 3.07. The van der Waals surface area contributed by atoms with Crippen molar-refractivity contribution in [2.45, 2.75) is 40.2 Å². The number of hydrogen-bond donors (Lipinski definition) is 1. The SMILES string of the molecule is CCOc1cccc(CNc2cc(C)nc(C(C)C)n2)c1. The Morgan fingerprint density at radius 1 is 1.19 bits per heavy atom. The average molecular weight is 285 g/mol. The summed E-state index contributed by atoms with van der Waals surface area (Å²) in [5.74, 6) is 2.97. The maximum Gasteiger partial charge on any atom is 0.133 e. The van der Waals surface area contributed by atoms with Gasteiger partial charge in [-0.3, -0.25) is 0 Å². The van der Waals surface area contributed by atoms with Crippen molar-refractivity contribution in [3.8, 4) is 5.75 Å². The molecule has 4 heteroatoms. The summed E-state index contributed by atoms with van der Waals surface area (Å²) in [6, 6.07) is 10.1. The Hall–Kier alpha value is -2.10. The van der Waals surface area contributed by atoms with Gasteiger partial charge in [0.2, 0.25) is 0 Å². The van der Waals surface area contributed by atoms with Gasteiger partial charge in [-0.1, -0.05) is 26.0 Å². The van der Waals surface area contributed by atoms with Crippen molar-refractivity contribution in [1.82, 2.24) is 9.97 Å². The van der Waals surface area contributed by atoms with Crippen LogP contribution in [0.3, 0.4) is 0 Å². The van der Waals surface area contributed by atoms with Gasteiger partial charge < -0.3 is 10.1 Å². The zero-order valence-electron chi connectivity index (χ0n) is 13.2. The van der Waals surface area contributed by atoms with Crippen LogP contribution in [-0.4, -0.2) is 16.6 Å². The number of nitrogens with zero attached hydrogens (tertiary/aromatic N) is 2. The zero-order valence-corrected chi connectivity index (χ0v) is 13.2. The summed E-state index contributed by atoms with van der Waals surface area (Å²) < 4.78 is 5.51. The van der Waals surface area contributed by atoms with E-state index in [0.29, 0.717) is 12.5 Å². The number of ether oxygens (including phenoxy) is 1. The van der Waals surface area contributed by atoms with Crippen LogP contribution < -0.4 is 10.1 Å². The van der Waals surface area contributed by atoms with E-state index in [1.165, 1.54) is 5.56 Å². The molecule has 0 fully saturated rings. The first-order valence-electron chi connectivity index (χ1n) is 7.39. The van der Waals surface area contributed by atoms with E-state index in [-0.39, 0.29) is 0 Å². The van der Waals surface area contributed by atoms with Crippen LogP contribution in [0.15, 0.2) is 30.3 Å². The van der Waals surface area contributed by atoms with Gasteiger partial charge in [0.1, 0.15) is 17.4 Å². The van der Waals surface area contributed by atoms with Crippen LogP contribution in [0.4, 0.5) is 5.82 Å².